The van der Waals surface area contributed by atoms with Crippen molar-refractivity contribution in [2.45, 2.75) is 0 Å². The van der Waals surface area contributed by atoms with Gasteiger partial charge in [-0.3, -0.25) is 0 Å². The lowest BCUT2D eigenvalue weighted by molar-refractivity contribution is -0.628. The smallest absolute Gasteiger partial charge is 0.372 e. The average molecular weight is 717 g/mol. The van der Waals surface area contributed by atoms with Crippen LogP contribution in [0.1, 0.15) is 0 Å². The van der Waals surface area contributed by atoms with E-state index in [1.807, 2.05) is 120 Å². The van der Waals surface area contributed by atoms with Crippen molar-refractivity contribution in [2.75, 3.05) is 50.2 Å². The van der Waals surface area contributed by atoms with Crippen molar-refractivity contribution in [1.82, 2.24) is 0 Å². The number of rotatable bonds is 14. The van der Waals surface area contributed by atoms with E-state index in [9.17, 15) is 8.42 Å². The number of fused-ring (bicyclic) bond motifs is 2. The van der Waals surface area contributed by atoms with Gasteiger partial charge in [0, 0.05) is 38.6 Å². The van der Waals surface area contributed by atoms with E-state index in [0.717, 1.165) is 42.1 Å². The minimum atomic E-state index is -4.16. The monoisotopic (exact) mass is 716 g/mol. The molecule has 0 aliphatic carbocycles. The lowest BCUT2D eigenvalue weighted by atomic mass is 10.2. The number of aryl methyl sites for hydroxylation is 2. The summed E-state index contributed by atoms with van der Waals surface area (Å²) in [5.41, 5.74) is 5.42. The Kier molecular flexibility index (Phi) is 10.7. The average Bonchev–Trinajstić information content (AvgIpc) is 3.61. The first kappa shape index (κ1) is 34.2. The SMILES string of the molecule is CN(CCOS(=O)(=O)OCCN(C)c1ccc(/N=N/c2sc3ccccc3[n+]2C)cc1)c1ccc(/N=N/c2sc3ccccc3[n+]2C)cc1. The van der Waals surface area contributed by atoms with Gasteiger partial charge in [-0.05, 0) is 106 Å². The molecule has 0 amide bonds. The lowest BCUT2D eigenvalue weighted by Crippen LogP contribution is -2.27. The second kappa shape index (κ2) is 15.3. The van der Waals surface area contributed by atoms with Gasteiger partial charge in [0.25, 0.3) is 0 Å². The van der Waals surface area contributed by atoms with Gasteiger partial charge in [-0.2, -0.15) is 8.42 Å². The maximum absolute atomic E-state index is 12.4. The Balaban J connectivity index is 0.921. The number of thiazole rings is 2. The largest absolute Gasteiger partial charge is 0.409 e. The van der Waals surface area contributed by atoms with Crippen LogP contribution in [0.5, 0.6) is 0 Å². The summed E-state index contributed by atoms with van der Waals surface area (Å²) in [4.78, 5) is 3.78. The zero-order valence-corrected chi connectivity index (χ0v) is 30.0. The molecule has 49 heavy (non-hydrogen) atoms. The van der Waals surface area contributed by atoms with Crippen LogP contribution < -0.4 is 18.9 Å². The Morgan fingerprint density at radius 1 is 0.592 bits per heavy atom. The Hall–Kier alpha value is -4.67. The van der Waals surface area contributed by atoms with E-state index in [4.69, 9.17) is 8.37 Å². The van der Waals surface area contributed by atoms with Crippen LogP contribution in [0.2, 0.25) is 0 Å². The van der Waals surface area contributed by atoms with E-state index in [0.29, 0.717) is 24.5 Å². The summed E-state index contributed by atoms with van der Waals surface area (Å²) in [7, 11) is 3.51. The van der Waals surface area contributed by atoms with E-state index >= 15 is 0 Å². The number of hydrogen-bond acceptors (Lipinski definition) is 12. The van der Waals surface area contributed by atoms with E-state index in [-0.39, 0.29) is 13.2 Å². The third kappa shape index (κ3) is 8.50. The summed E-state index contributed by atoms with van der Waals surface area (Å²) in [6.07, 6.45) is 0. The molecule has 0 aliphatic rings. The Morgan fingerprint density at radius 3 is 1.37 bits per heavy atom. The number of nitrogens with zero attached hydrogens (tertiary/aromatic N) is 8. The zero-order chi connectivity index (χ0) is 34.4. The van der Waals surface area contributed by atoms with Crippen LogP contribution in [0.4, 0.5) is 33.0 Å². The molecule has 252 valence electrons. The molecule has 2 aromatic heterocycles. The molecule has 0 unspecified atom stereocenters. The number of para-hydroxylation sites is 2. The van der Waals surface area contributed by atoms with Crippen LogP contribution >= 0.6 is 22.7 Å². The number of anilines is 2. The molecular weight excluding hydrogens is 681 g/mol. The molecule has 0 fully saturated rings. The highest BCUT2D eigenvalue weighted by Crippen LogP contribution is 2.29. The predicted octanol–water partition coefficient (Wildman–Crippen LogP) is 7.45. The number of benzene rings is 4. The molecular formula is C34H36N8O4S3+2. The van der Waals surface area contributed by atoms with Gasteiger partial charge in [0.2, 0.25) is 0 Å². The van der Waals surface area contributed by atoms with Crippen molar-refractivity contribution in [3.8, 4) is 0 Å². The van der Waals surface area contributed by atoms with Gasteiger partial charge in [0.1, 0.15) is 22.4 Å². The minimum absolute atomic E-state index is 0.0614. The van der Waals surface area contributed by atoms with Crippen LogP contribution in [0.3, 0.4) is 0 Å². The van der Waals surface area contributed by atoms with Gasteiger partial charge < -0.3 is 9.80 Å². The van der Waals surface area contributed by atoms with E-state index < -0.39 is 10.4 Å². The molecule has 0 saturated heterocycles. The maximum Gasteiger partial charge on any atom is 0.409 e. The summed E-state index contributed by atoms with van der Waals surface area (Å²) < 4.78 is 41.3. The highest BCUT2D eigenvalue weighted by molar-refractivity contribution is 7.81. The van der Waals surface area contributed by atoms with E-state index in [1.54, 1.807) is 22.7 Å². The van der Waals surface area contributed by atoms with Crippen LogP contribution in [0.25, 0.3) is 20.4 Å². The standard InChI is InChI=1S/C34H36N8O4S3/c1-39(27-17-13-25(14-18-27)35-37-33-41(3)29-9-5-7-11-31(29)47-33)21-23-45-49(43,44)46-24-22-40(2)28-19-15-26(16-20-28)36-38-34-42(4)30-10-6-8-12-32(30)48-34/h5-20H,21-24H2,1-4H3/q+2. The quantitative estimate of drug-likeness (QED) is 0.0855. The minimum Gasteiger partial charge on any atom is -0.372 e. The fourth-order valence-electron chi connectivity index (χ4n) is 4.95. The summed E-state index contributed by atoms with van der Waals surface area (Å²) in [5.74, 6) is 0. The van der Waals surface area contributed by atoms with Crippen LogP contribution in [0, 0.1) is 0 Å². The van der Waals surface area contributed by atoms with Crippen LogP contribution in [-0.4, -0.2) is 48.8 Å². The molecule has 0 atom stereocenters. The predicted molar refractivity (Wildman–Crippen MR) is 195 cm³/mol. The fourth-order valence-corrected chi connectivity index (χ4v) is 7.51. The first-order valence-corrected chi connectivity index (χ1v) is 18.4. The Labute approximate surface area is 293 Å². The maximum atomic E-state index is 12.4. The molecule has 0 N–H and O–H groups in total. The highest BCUT2D eigenvalue weighted by atomic mass is 32.3. The van der Waals surface area contributed by atoms with Gasteiger partial charge in [0.15, 0.2) is 0 Å². The molecule has 15 heteroatoms. The third-order valence-corrected chi connectivity index (χ3v) is 10.9. The normalized spacial score (nSPS) is 12.2. The third-order valence-electron chi connectivity index (χ3n) is 7.82. The molecule has 6 aromatic rings. The van der Waals surface area contributed by atoms with E-state index in [1.165, 1.54) is 0 Å². The Bertz CT molecular complexity index is 2070. The van der Waals surface area contributed by atoms with Gasteiger partial charge in [-0.25, -0.2) is 17.5 Å². The number of aromatic nitrogens is 2. The molecule has 0 saturated carbocycles. The van der Waals surface area contributed by atoms with Crippen molar-refractivity contribution < 1.29 is 25.9 Å². The fraction of sp³-hybridized carbons (Fsp3) is 0.235. The van der Waals surface area contributed by atoms with Gasteiger partial charge in [0.05, 0.1) is 46.9 Å². The molecule has 0 spiro atoms. The summed E-state index contributed by atoms with van der Waals surface area (Å²) >= 11 is 3.16. The molecule has 6 rings (SSSR count). The summed E-state index contributed by atoms with van der Waals surface area (Å²) in [6, 6.07) is 31.3. The van der Waals surface area contributed by atoms with Gasteiger partial charge >= 0.3 is 20.7 Å². The van der Waals surface area contributed by atoms with Crippen molar-refractivity contribution in [3.05, 3.63) is 97.1 Å². The molecule has 2 heterocycles. The van der Waals surface area contributed by atoms with Crippen molar-refractivity contribution in [2.24, 2.45) is 34.6 Å². The number of hydrogen-bond donors (Lipinski definition) is 0. The number of azo groups is 2. The van der Waals surface area contributed by atoms with Crippen molar-refractivity contribution in [1.29, 1.82) is 0 Å². The first-order chi connectivity index (χ1) is 23.7. The second-order valence-corrected chi connectivity index (χ2v) is 14.5. The molecule has 12 nitrogen and oxygen atoms in total. The van der Waals surface area contributed by atoms with E-state index in [2.05, 4.69) is 44.7 Å². The first-order valence-electron chi connectivity index (χ1n) is 15.4. The van der Waals surface area contributed by atoms with Crippen molar-refractivity contribution in [3.63, 3.8) is 0 Å². The molecule has 0 radical (unpaired) electrons. The highest BCUT2D eigenvalue weighted by Gasteiger charge is 2.17. The number of likely N-dealkylation sites (N-methyl/N-ethyl adjacent to an activating group) is 2. The van der Waals surface area contributed by atoms with Gasteiger partial charge in [-0.15, -0.1) is 0 Å². The van der Waals surface area contributed by atoms with Gasteiger partial charge in [-0.1, -0.05) is 24.3 Å². The summed E-state index contributed by atoms with van der Waals surface area (Å²) in [5, 5.41) is 19.2. The topological polar surface area (TPSA) is 116 Å². The van der Waals surface area contributed by atoms with Crippen LogP contribution in [0.15, 0.2) is 118 Å². The summed E-state index contributed by atoms with van der Waals surface area (Å²) in [6.45, 7) is 0.555. The van der Waals surface area contributed by atoms with Crippen LogP contribution in [-0.2, 0) is 32.9 Å². The van der Waals surface area contributed by atoms with Crippen molar-refractivity contribution >= 4 is 86.5 Å². The zero-order valence-electron chi connectivity index (χ0n) is 27.5. The Morgan fingerprint density at radius 2 is 0.980 bits per heavy atom. The molecule has 0 aliphatic heterocycles. The lowest BCUT2D eigenvalue weighted by Gasteiger charge is -2.20. The molecule has 4 aromatic carbocycles. The molecule has 0 bridgehead atoms. The second-order valence-electron chi connectivity index (χ2n) is 11.2.